The Balaban J connectivity index is 1.44. The van der Waals surface area contributed by atoms with Crippen LogP contribution in [0.1, 0.15) is 44.6 Å². The van der Waals surface area contributed by atoms with E-state index in [1.807, 2.05) is 30.0 Å². The first-order valence-electron chi connectivity index (χ1n) is 9.33. The van der Waals surface area contributed by atoms with Crippen molar-refractivity contribution in [2.24, 2.45) is 11.8 Å². The maximum Gasteiger partial charge on any atom is 0.233 e. The summed E-state index contributed by atoms with van der Waals surface area (Å²) in [5, 5.41) is 0. The van der Waals surface area contributed by atoms with Crippen molar-refractivity contribution >= 4 is 23.4 Å². The molecule has 5 heteroatoms. The van der Waals surface area contributed by atoms with Gasteiger partial charge in [0.05, 0.1) is 11.8 Å². The molecule has 25 heavy (non-hydrogen) atoms. The van der Waals surface area contributed by atoms with Gasteiger partial charge in [-0.3, -0.25) is 19.3 Å². The fourth-order valence-corrected chi connectivity index (χ4v) is 4.72. The summed E-state index contributed by atoms with van der Waals surface area (Å²) in [6.07, 6.45) is 4.74. The largest absolute Gasteiger partial charge is 0.309 e. The van der Waals surface area contributed by atoms with Crippen molar-refractivity contribution in [3.63, 3.8) is 0 Å². The third-order valence-electron chi connectivity index (χ3n) is 5.96. The van der Waals surface area contributed by atoms with Crippen molar-refractivity contribution in [1.29, 1.82) is 0 Å². The van der Waals surface area contributed by atoms with Crippen LogP contribution in [0.4, 0.5) is 5.69 Å². The monoisotopic (exact) mass is 340 g/mol. The highest BCUT2D eigenvalue weighted by atomic mass is 16.2. The Bertz CT molecular complexity index is 705. The highest BCUT2D eigenvalue weighted by Crippen LogP contribution is 2.38. The molecule has 3 amide bonds. The number of para-hydroxylation sites is 1. The molecule has 5 nitrogen and oxygen atoms in total. The highest BCUT2D eigenvalue weighted by molar-refractivity contribution is 6.05. The highest BCUT2D eigenvalue weighted by Gasteiger charge is 2.48. The number of imide groups is 1. The Hall–Kier alpha value is -2.17. The molecular weight excluding hydrogens is 316 g/mol. The molecule has 2 fully saturated rings. The Labute approximate surface area is 148 Å². The standard InChI is InChI=1S/C20H24N2O3/c1-13-12-14-6-2-5-9-17(14)22(13)18(23)10-11-21-19(24)15-7-3-4-8-16(15)20(21)25/h2,5-6,9,13,15-16H,3-4,7-8,10-12H2,1H3/t13-,15-,16-/m1/s1. The summed E-state index contributed by atoms with van der Waals surface area (Å²) in [7, 11) is 0. The normalized spacial score (nSPS) is 28.3. The SMILES string of the molecule is C[C@@H]1Cc2ccccc2N1C(=O)CCN1C(=O)[C@@H]2CCCC[C@H]2C1=O. The van der Waals surface area contributed by atoms with Crippen LogP contribution in [-0.2, 0) is 20.8 Å². The summed E-state index contributed by atoms with van der Waals surface area (Å²) in [5.41, 5.74) is 2.15. The maximum absolute atomic E-state index is 12.8. The molecule has 2 heterocycles. The van der Waals surface area contributed by atoms with E-state index >= 15 is 0 Å². The van der Waals surface area contributed by atoms with Gasteiger partial charge >= 0.3 is 0 Å². The number of carbonyl (C=O) groups excluding carboxylic acids is 3. The zero-order chi connectivity index (χ0) is 17.6. The van der Waals surface area contributed by atoms with Crippen LogP contribution in [0, 0.1) is 11.8 Å². The minimum Gasteiger partial charge on any atom is -0.309 e. The van der Waals surface area contributed by atoms with Crippen molar-refractivity contribution in [3.8, 4) is 0 Å². The summed E-state index contributed by atoms with van der Waals surface area (Å²) >= 11 is 0. The Morgan fingerprint density at radius 3 is 2.40 bits per heavy atom. The van der Waals surface area contributed by atoms with Crippen LogP contribution in [-0.4, -0.2) is 35.2 Å². The van der Waals surface area contributed by atoms with E-state index in [1.54, 1.807) is 0 Å². The van der Waals surface area contributed by atoms with Gasteiger partial charge in [0.25, 0.3) is 0 Å². The number of rotatable bonds is 3. The second kappa shape index (κ2) is 6.28. The van der Waals surface area contributed by atoms with E-state index < -0.39 is 0 Å². The summed E-state index contributed by atoms with van der Waals surface area (Å²) in [6, 6.07) is 8.07. The van der Waals surface area contributed by atoms with E-state index in [0.717, 1.165) is 37.8 Å². The number of hydrogen-bond donors (Lipinski definition) is 0. The molecule has 0 aromatic heterocycles. The van der Waals surface area contributed by atoms with Gasteiger partial charge in [-0.1, -0.05) is 31.0 Å². The molecule has 0 bridgehead atoms. The first-order valence-corrected chi connectivity index (χ1v) is 9.33. The lowest BCUT2D eigenvalue weighted by atomic mass is 9.81. The molecule has 0 N–H and O–H groups in total. The topological polar surface area (TPSA) is 57.7 Å². The summed E-state index contributed by atoms with van der Waals surface area (Å²) in [5.74, 6) is -0.395. The fraction of sp³-hybridized carbons (Fsp3) is 0.550. The van der Waals surface area contributed by atoms with Gasteiger partial charge in [-0.15, -0.1) is 0 Å². The number of fused-ring (bicyclic) bond motifs is 2. The third kappa shape index (κ3) is 2.66. The molecule has 4 rings (SSSR count). The molecule has 3 aliphatic rings. The molecule has 0 spiro atoms. The van der Waals surface area contributed by atoms with Crippen molar-refractivity contribution in [1.82, 2.24) is 4.90 Å². The number of likely N-dealkylation sites (tertiary alicyclic amines) is 1. The molecular formula is C20H24N2O3. The lowest BCUT2D eigenvalue weighted by molar-refractivity contribution is -0.140. The molecule has 0 unspecified atom stereocenters. The number of amides is 3. The van der Waals surface area contributed by atoms with E-state index in [0.29, 0.717) is 0 Å². The van der Waals surface area contributed by atoms with Gasteiger partial charge < -0.3 is 4.90 Å². The predicted molar refractivity (Wildman–Crippen MR) is 93.9 cm³/mol. The summed E-state index contributed by atoms with van der Waals surface area (Å²) in [6.45, 7) is 2.26. The third-order valence-corrected chi connectivity index (χ3v) is 5.96. The number of hydrogen-bond acceptors (Lipinski definition) is 3. The lowest BCUT2D eigenvalue weighted by Crippen LogP contribution is -2.39. The number of nitrogens with zero attached hydrogens (tertiary/aromatic N) is 2. The van der Waals surface area contributed by atoms with Crippen LogP contribution in [0.15, 0.2) is 24.3 Å². The fourth-order valence-electron chi connectivity index (χ4n) is 4.72. The zero-order valence-corrected chi connectivity index (χ0v) is 14.6. The minimum atomic E-state index is -0.136. The van der Waals surface area contributed by atoms with Crippen LogP contribution in [0.25, 0.3) is 0 Å². The van der Waals surface area contributed by atoms with Crippen molar-refractivity contribution < 1.29 is 14.4 Å². The molecule has 1 aromatic carbocycles. The average molecular weight is 340 g/mol. The quantitative estimate of drug-likeness (QED) is 0.795. The summed E-state index contributed by atoms with van der Waals surface area (Å²) < 4.78 is 0. The first-order chi connectivity index (χ1) is 12.1. The van der Waals surface area contributed by atoms with Gasteiger partial charge in [-0.2, -0.15) is 0 Å². The number of carbonyl (C=O) groups is 3. The Morgan fingerprint density at radius 1 is 1.08 bits per heavy atom. The van der Waals surface area contributed by atoms with Gasteiger partial charge in [0, 0.05) is 24.7 Å². The van der Waals surface area contributed by atoms with E-state index in [-0.39, 0.29) is 48.6 Å². The maximum atomic E-state index is 12.8. The smallest absolute Gasteiger partial charge is 0.233 e. The predicted octanol–water partition coefficient (Wildman–Crippen LogP) is 2.53. The van der Waals surface area contributed by atoms with Crippen LogP contribution < -0.4 is 4.90 Å². The lowest BCUT2D eigenvalue weighted by Gasteiger charge is -2.24. The van der Waals surface area contributed by atoms with E-state index in [2.05, 4.69) is 6.07 Å². The van der Waals surface area contributed by atoms with Crippen LogP contribution in [0.2, 0.25) is 0 Å². The molecule has 2 aliphatic heterocycles. The molecule has 0 radical (unpaired) electrons. The van der Waals surface area contributed by atoms with E-state index in [4.69, 9.17) is 0 Å². The first kappa shape index (κ1) is 16.3. The van der Waals surface area contributed by atoms with Crippen LogP contribution in [0.5, 0.6) is 0 Å². The van der Waals surface area contributed by atoms with Crippen LogP contribution >= 0.6 is 0 Å². The van der Waals surface area contributed by atoms with Crippen molar-refractivity contribution in [3.05, 3.63) is 29.8 Å². The molecule has 1 aromatic rings. The average Bonchev–Trinajstić information content (AvgIpc) is 3.08. The van der Waals surface area contributed by atoms with Gasteiger partial charge in [-0.05, 0) is 37.8 Å². The zero-order valence-electron chi connectivity index (χ0n) is 14.6. The second-order valence-corrected chi connectivity index (χ2v) is 7.52. The number of anilines is 1. The number of benzene rings is 1. The van der Waals surface area contributed by atoms with Gasteiger partial charge in [0.1, 0.15) is 0 Å². The molecule has 1 saturated heterocycles. The van der Waals surface area contributed by atoms with Gasteiger partial charge in [0.15, 0.2) is 0 Å². The van der Waals surface area contributed by atoms with Gasteiger partial charge in [0.2, 0.25) is 17.7 Å². The van der Waals surface area contributed by atoms with Crippen LogP contribution in [0.3, 0.4) is 0 Å². The minimum absolute atomic E-state index is 0.00655. The van der Waals surface area contributed by atoms with Crippen molar-refractivity contribution in [2.75, 3.05) is 11.4 Å². The molecule has 1 aliphatic carbocycles. The van der Waals surface area contributed by atoms with Gasteiger partial charge in [-0.25, -0.2) is 0 Å². The molecule has 132 valence electrons. The summed E-state index contributed by atoms with van der Waals surface area (Å²) in [4.78, 5) is 41.0. The molecule has 3 atom stereocenters. The molecule has 1 saturated carbocycles. The Kier molecular flexibility index (Phi) is 4.10. The van der Waals surface area contributed by atoms with Crippen molar-refractivity contribution in [2.45, 2.75) is 51.5 Å². The Morgan fingerprint density at radius 2 is 1.72 bits per heavy atom. The van der Waals surface area contributed by atoms with E-state index in [1.165, 1.54) is 10.5 Å². The van der Waals surface area contributed by atoms with E-state index in [9.17, 15) is 14.4 Å². The second-order valence-electron chi connectivity index (χ2n) is 7.52.